The molecule has 3 rings (SSSR count). The summed E-state index contributed by atoms with van der Waals surface area (Å²) in [7, 11) is 0. The van der Waals surface area contributed by atoms with Gasteiger partial charge in [0.15, 0.2) is 0 Å². The Morgan fingerprint density at radius 2 is 1.94 bits per heavy atom. The molecule has 2 aliphatic heterocycles. The molecule has 1 saturated carbocycles. The molecule has 5 heteroatoms. The lowest BCUT2D eigenvalue weighted by atomic mass is 10.1. The van der Waals surface area contributed by atoms with Crippen LogP contribution in [0.5, 0.6) is 0 Å². The van der Waals surface area contributed by atoms with Crippen LogP contribution in [0.4, 0.5) is 0 Å². The monoisotopic (exact) mass is 238 g/mol. The van der Waals surface area contributed by atoms with Crippen molar-refractivity contribution in [2.45, 2.75) is 24.9 Å². The van der Waals surface area contributed by atoms with Gasteiger partial charge < -0.3 is 10.6 Å². The molecule has 3 aliphatic rings. The predicted octanol–water partition coefficient (Wildman–Crippen LogP) is -1.15. The first-order valence-corrected chi connectivity index (χ1v) is 6.78. The molecule has 3 fully saturated rings. The zero-order chi connectivity index (χ0) is 11.7. The largest absolute Gasteiger partial charge is 0.352 e. The fourth-order valence-electron chi connectivity index (χ4n) is 2.65. The van der Waals surface area contributed by atoms with Gasteiger partial charge in [-0.25, -0.2) is 0 Å². The molecule has 96 valence electrons. The molecule has 0 atom stereocenters. The van der Waals surface area contributed by atoms with E-state index in [9.17, 15) is 4.79 Å². The molecule has 17 heavy (non-hydrogen) atoms. The summed E-state index contributed by atoms with van der Waals surface area (Å²) in [6.07, 6.45) is 2.35. The lowest BCUT2D eigenvalue weighted by Crippen LogP contribution is -2.63. The van der Waals surface area contributed by atoms with E-state index in [0.717, 1.165) is 39.3 Å². The zero-order valence-corrected chi connectivity index (χ0v) is 10.3. The van der Waals surface area contributed by atoms with Crippen LogP contribution in [0.3, 0.4) is 0 Å². The summed E-state index contributed by atoms with van der Waals surface area (Å²) in [6.45, 7) is 7.27. The first kappa shape index (κ1) is 11.4. The number of carbonyl (C=O) groups excluding carboxylic acids is 1. The van der Waals surface area contributed by atoms with Gasteiger partial charge in [-0.1, -0.05) is 0 Å². The Hall–Kier alpha value is -0.650. The molecule has 2 saturated heterocycles. The summed E-state index contributed by atoms with van der Waals surface area (Å²) in [5.41, 5.74) is 0. The van der Waals surface area contributed by atoms with E-state index in [1.165, 1.54) is 12.8 Å². The van der Waals surface area contributed by atoms with Crippen molar-refractivity contribution in [2.24, 2.45) is 0 Å². The van der Waals surface area contributed by atoms with Crippen LogP contribution in [0.25, 0.3) is 0 Å². The van der Waals surface area contributed by atoms with E-state index in [4.69, 9.17) is 0 Å². The van der Waals surface area contributed by atoms with Crippen molar-refractivity contribution < 1.29 is 4.79 Å². The van der Waals surface area contributed by atoms with Gasteiger partial charge in [0, 0.05) is 51.4 Å². The number of piperazine rings is 1. The van der Waals surface area contributed by atoms with Crippen molar-refractivity contribution in [1.82, 2.24) is 20.4 Å². The number of carbonyl (C=O) groups is 1. The molecule has 0 aromatic heterocycles. The lowest BCUT2D eigenvalue weighted by Gasteiger charge is -2.46. The van der Waals surface area contributed by atoms with Crippen molar-refractivity contribution in [3.63, 3.8) is 0 Å². The van der Waals surface area contributed by atoms with E-state index >= 15 is 0 Å². The molecule has 1 amide bonds. The highest BCUT2D eigenvalue weighted by Gasteiger charge is 2.33. The summed E-state index contributed by atoms with van der Waals surface area (Å²) in [6, 6.07) is 1.18. The molecule has 0 aromatic rings. The number of hydrogen-bond donors (Lipinski definition) is 2. The molecular weight excluding hydrogens is 216 g/mol. The van der Waals surface area contributed by atoms with Gasteiger partial charge in [0.1, 0.15) is 0 Å². The topological polar surface area (TPSA) is 47.6 Å². The van der Waals surface area contributed by atoms with Crippen molar-refractivity contribution in [3.8, 4) is 0 Å². The fourth-order valence-corrected chi connectivity index (χ4v) is 2.65. The van der Waals surface area contributed by atoms with Crippen molar-refractivity contribution in [1.29, 1.82) is 0 Å². The van der Waals surface area contributed by atoms with Crippen LogP contribution < -0.4 is 10.6 Å². The van der Waals surface area contributed by atoms with Gasteiger partial charge >= 0.3 is 0 Å². The quantitative estimate of drug-likeness (QED) is 0.650. The van der Waals surface area contributed by atoms with E-state index in [1.54, 1.807) is 0 Å². The molecular formula is C12H22N4O. The van der Waals surface area contributed by atoms with Crippen molar-refractivity contribution in [3.05, 3.63) is 0 Å². The highest BCUT2D eigenvalue weighted by Crippen LogP contribution is 2.19. The minimum atomic E-state index is 0.214. The first-order chi connectivity index (χ1) is 8.31. The summed E-state index contributed by atoms with van der Waals surface area (Å²) >= 11 is 0. The summed E-state index contributed by atoms with van der Waals surface area (Å²) in [5, 5.41) is 6.41. The van der Waals surface area contributed by atoms with Crippen molar-refractivity contribution >= 4 is 5.91 Å². The predicted molar refractivity (Wildman–Crippen MR) is 65.8 cm³/mol. The lowest BCUT2D eigenvalue weighted by molar-refractivity contribution is -0.124. The van der Waals surface area contributed by atoms with Gasteiger partial charge in [0.05, 0.1) is 6.54 Å². The van der Waals surface area contributed by atoms with Gasteiger partial charge in [0.2, 0.25) is 5.91 Å². The Kier molecular flexibility index (Phi) is 3.31. The van der Waals surface area contributed by atoms with E-state index in [1.807, 2.05) is 0 Å². The second-order valence-corrected chi connectivity index (χ2v) is 5.48. The van der Waals surface area contributed by atoms with E-state index < -0.39 is 0 Å². The van der Waals surface area contributed by atoms with Crippen LogP contribution in [0, 0.1) is 0 Å². The minimum Gasteiger partial charge on any atom is -0.352 e. The molecule has 0 aromatic carbocycles. The molecule has 0 unspecified atom stereocenters. The van der Waals surface area contributed by atoms with Crippen LogP contribution >= 0.6 is 0 Å². The Morgan fingerprint density at radius 1 is 1.24 bits per heavy atom. The van der Waals surface area contributed by atoms with Crippen LogP contribution in [0.1, 0.15) is 12.8 Å². The Bertz CT molecular complexity index is 280. The number of amides is 1. The highest BCUT2D eigenvalue weighted by molar-refractivity contribution is 5.78. The zero-order valence-electron chi connectivity index (χ0n) is 10.3. The van der Waals surface area contributed by atoms with Crippen molar-refractivity contribution in [2.75, 3.05) is 45.8 Å². The summed E-state index contributed by atoms with van der Waals surface area (Å²) < 4.78 is 0. The molecule has 0 bridgehead atoms. The van der Waals surface area contributed by atoms with Crippen LogP contribution in [0.2, 0.25) is 0 Å². The van der Waals surface area contributed by atoms with Gasteiger partial charge in [-0.15, -0.1) is 0 Å². The third-order valence-electron chi connectivity index (χ3n) is 3.92. The Balaban J connectivity index is 1.34. The number of hydrogen-bond acceptors (Lipinski definition) is 4. The maximum atomic E-state index is 11.6. The maximum Gasteiger partial charge on any atom is 0.234 e. The first-order valence-electron chi connectivity index (χ1n) is 6.78. The average Bonchev–Trinajstić information content (AvgIpc) is 3.08. The third-order valence-corrected chi connectivity index (χ3v) is 3.92. The molecule has 2 heterocycles. The summed E-state index contributed by atoms with van der Waals surface area (Å²) in [4.78, 5) is 16.4. The SMILES string of the molecule is O=C(CN1CC(N2CCNCC2)C1)NC1CC1. The number of likely N-dealkylation sites (tertiary alicyclic amines) is 1. The number of nitrogens with one attached hydrogen (secondary N) is 2. The molecule has 0 radical (unpaired) electrons. The molecule has 2 N–H and O–H groups in total. The highest BCUT2D eigenvalue weighted by atomic mass is 16.2. The van der Waals surface area contributed by atoms with Crippen LogP contribution in [-0.2, 0) is 4.79 Å². The normalized spacial score (nSPS) is 27.8. The van der Waals surface area contributed by atoms with Crippen LogP contribution in [-0.4, -0.2) is 73.6 Å². The van der Waals surface area contributed by atoms with Gasteiger partial charge in [-0.3, -0.25) is 14.6 Å². The number of nitrogens with zero attached hydrogens (tertiary/aromatic N) is 2. The second-order valence-electron chi connectivity index (χ2n) is 5.48. The smallest absolute Gasteiger partial charge is 0.234 e. The summed E-state index contributed by atoms with van der Waals surface area (Å²) in [5.74, 6) is 0.214. The Morgan fingerprint density at radius 3 is 2.59 bits per heavy atom. The Labute approximate surface area is 103 Å². The van der Waals surface area contributed by atoms with Gasteiger partial charge in [0.25, 0.3) is 0 Å². The van der Waals surface area contributed by atoms with Gasteiger partial charge in [-0.2, -0.15) is 0 Å². The maximum absolute atomic E-state index is 11.6. The van der Waals surface area contributed by atoms with E-state index in [2.05, 4.69) is 20.4 Å². The fraction of sp³-hybridized carbons (Fsp3) is 0.917. The second kappa shape index (κ2) is 4.92. The molecule has 1 aliphatic carbocycles. The third kappa shape index (κ3) is 2.97. The number of rotatable bonds is 4. The standard InChI is InChI=1S/C12H22N4O/c17-12(14-10-1-2-10)9-15-7-11(8-15)16-5-3-13-4-6-16/h10-11,13H,1-9H2,(H,14,17). The molecule has 5 nitrogen and oxygen atoms in total. The molecule has 0 spiro atoms. The van der Waals surface area contributed by atoms with E-state index in [0.29, 0.717) is 18.6 Å². The van der Waals surface area contributed by atoms with E-state index in [-0.39, 0.29) is 5.91 Å². The van der Waals surface area contributed by atoms with Crippen LogP contribution in [0.15, 0.2) is 0 Å². The van der Waals surface area contributed by atoms with Gasteiger partial charge in [-0.05, 0) is 12.8 Å². The average molecular weight is 238 g/mol. The minimum absolute atomic E-state index is 0.214.